The van der Waals surface area contributed by atoms with Crippen molar-refractivity contribution in [3.63, 3.8) is 0 Å². The minimum absolute atomic E-state index is 0. The first-order valence-corrected chi connectivity index (χ1v) is 10.8. The number of fused-ring (bicyclic) bond motifs is 1. The van der Waals surface area contributed by atoms with E-state index in [2.05, 4.69) is 20.7 Å². The lowest BCUT2D eigenvalue weighted by Gasteiger charge is -2.25. The Balaban J connectivity index is 0.00000274. The Kier molecular flexibility index (Phi) is 6.88. The number of halogens is 4. The number of nitrogens with one attached hydrogen (secondary N) is 2. The Morgan fingerprint density at radius 3 is 2.44 bits per heavy atom. The van der Waals surface area contributed by atoms with E-state index in [9.17, 15) is 9.18 Å². The summed E-state index contributed by atoms with van der Waals surface area (Å²) in [5.74, 6) is -0.424. The van der Waals surface area contributed by atoms with E-state index >= 15 is 0 Å². The van der Waals surface area contributed by atoms with Gasteiger partial charge in [0.15, 0.2) is 0 Å². The summed E-state index contributed by atoms with van der Waals surface area (Å²) in [5, 5.41) is 11.2. The van der Waals surface area contributed by atoms with Crippen LogP contribution in [0.4, 0.5) is 16.3 Å². The molecule has 0 spiro atoms. The third kappa shape index (κ3) is 4.63. The molecule has 3 aromatic carbocycles. The third-order valence-corrected chi connectivity index (χ3v) is 5.76. The topological polar surface area (TPSA) is 71.8 Å². The van der Waals surface area contributed by atoms with Gasteiger partial charge in [-0.3, -0.25) is 10.1 Å². The van der Waals surface area contributed by atoms with Gasteiger partial charge in [0.2, 0.25) is 5.95 Å². The van der Waals surface area contributed by atoms with Crippen molar-refractivity contribution in [3.05, 3.63) is 111 Å². The second-order valence-corrected chi connectivity index (χ2v) is 8.16. The summed E-state index contributed by atoms with van der Waals surface area (Å²) in [7, 11) is 0. The van der Waals surface area contributed by atoms with E-state index in [0.29, 0.717) is 22.2 Å². The zero-order valence-electron chi connectivity index (χ0n) is 17.4. The smallest absolute Gasteiger partial charge is 0.258 e. The molecule has 0 aliphatic carbocycles. The number of anilines is 2. The van der Waals surface area contributed by atoms with Crippen LogP contribution in [-0.4, -0.2) is 20.7 Å². The first-order valence-electron chi connectivity index (χ1n) is 10.0. The number of hydrogen-bond acceptors (Lipinski definition) is 4. The van der Waals surface area contributed by atoms with Crippen molar-refractivity contribution in [3.8, 4) is 0 Å². The van der Waals surface area contributed by atoms with Crippen LogP contribution in [0.15, 0.2) is 78.9 Å². The van der Waals surface area contributed by atoms with E-state index in [0.717, 1.165) is 5.56 Å². The van der Waals surface area contributed by atoms with Crippen LogP contribution in [-0.2, 0) is 0 Å². The lowest BCUT2D eigenvalue weighted by Crippen LogP contribution is -2.21. The van der Waals surface area contributed by atoms with E-state index in [1.807, 2.05) is 18.2 Å². The monoisotopic (exact) mass is 515 g/mol. The molecular formula is C24H17Cl3FN5O. The fourth-order valence-electron chi connectivity index (χ4n) is 3.61. The predicted molar refractivity (Wildman–Crippen MR) is 134 cm³/mol. The summed E-state index contributed by atoms with van der Waals surface area (Å²) in [5.41, 5.74) is 2.21. The highest BCUT2D eigenvalue weighted by Crippen LogP contribution is 2.37. The normalized spacial score (nSPS) is 14.3. The van der Waals surface area contributed by atoms with Crippen LogP contribution in [0.2, 0.25) is 10.0 Å². The number of benzene rings is 3. The van der Waals surface area contributed by atoms with Crippen LogP contribution in [0.25, 0.3) is 5.70 Å². The van der Waals surface area contributed by atoms with Gasteiger partial charge in [-0.05, 0) is 48.0 Å². The molecule has 1 aliphatic rings. The summed E-state index contributed by atoms with van der Waals surface area (Å²) in [6.45, 7) is 0. The molecule has 2 N–H and O–H groups in total. The quantitative estimate of drug-likeness (QED) is 0.327. The Morgan fingerprint density at radius 2 is 1.74 bits per heavy atom. The zero-order valence-corrected chi connectivity index (χ0v) is 19.7. The first-order chi connectivity index (χ1) is 16.0. The van der Waals surface area contributed by atoms with Gasteiger partial charge in [-0.25, -0.2) is 9.07 Å². The molecular weight excluding hydrogens is 500 g/mol. The molecule has 34 heavy (non-hydrogen) atoms. The third-order valence-electron chi connectivity index (χ3n) is 5.18. The number of amides is 1. The average Bonchev–Trinajstić information content (AvgIpc) is 3.22. The van der Waals surface area contributed by atoms with Gasteiger partial charge in [0.25, 0.3) is 11.9 Å². The maximum atomic E-state index is 14.9. The fourth-order valence-corrected chi connectivity index (χ4v) is 4.01. The predicted octanol–water partition coefficient (Wildman–Crippen LogP) is 6.45. The molecule has 6 nitrogen and oxygen atoms in total. The number of carbonyl (C=O) groups excluding carboxylic acids is 1. The summed E-state index contributed by atoms with van der Waals surface area (Å²) in [6, 6.07) is 19.7. The highest BCUT2D eigenvalue weighted by molar-refractivity contribution is 6.31. The van der Waals surface area contributed by atoms with Crippen molar-refractivity contribution < 1.29 is 9.18 Å². The SMILES string of the molecule is Cl.O=C(Nc1nc2n(n1)C(c1c(F)cccc1Cl)C=C(c1ccc(Cl)cc1)N2)c1ccccc1. The van der Waals surface area contributed by atoms with Crippen molar-refractivity contribution in [2.45, 2.75) is 6.04 Å². The lowest BCUT2D eigenvalue weighted by molar-refractivity contribution is 0.102. The molecule has 0 fully saturated rings. The van der Waals surface area contributed by atoms with Gasteiger partial charge in [0, 0.05) is 26.9 Å². The minimum atomic E-state index is -0.699. The Hall–Kier alpha value is -3.39. The van der Waals surface area contributed by atoms with Crippen molar-refractivity contribution in [1.82, 2.24) is 14.8 Å². The number of hydrogen-bond donors (Lipinski definition) is 2. The number of aromatic nitrogens is 3. The molecule has 0 bridgehead atoms. The summed E-state index contributed by atoms with van der Waals surface area (Å²) < 4.78 is 16.4. The second kappa shape index (κ2) is 9.85. The van der Waals surface area contributed by atoms with E-state index < -0.39 is 11.9 Å². The molecule has 0 radical (unpaired) electrons. The van der Waals surface area contributed by atoms with Crippen LogP contribution in [0.1, 0.15) is 27.5 Å². The maximum absolute atomic E-state index is 14.9. The molecule has 5 rings (SSSR count). The van der Waals surface area contributed by atoms with Gasteiger partial charge in [-0.1, -0.05) is 59.6 Å². The molecule has 0 saturated carbocycles. The van der Waals surface area contributed by atoms with Gasteiger partial charge in [0.05, 0.1) is 0 Å². The highest BCUT2D eigenvalue weighted by Gasteiger charge is 2.29. The Labute approximate surface area is 210 Å². The molecule has 1 aromatic heterocycles. The second-order valence-electron chi connectivity index (χ2n) is 7.32. The summed E-state index contributed by atoms with van der Waals surface area (Å²) in [6.07, 6.45) is 1.80. The van der Waals surface area contributed by atoms with E-state index in [-0.39, 0.29) is 34.8 Å². The zero-order chi connectivity index (χ0) is 22.9. The van der Waals surface area contributed by atoms with Gasteiger partial charge in [-0.2, -0.15) is 4.98 Å². The summed E-state index contributed by atoms with van der Waals surface area (Å²) >= 11 is 12.4. The molecule has 0 saturated heterocycles. The molecule has 2 heterocycles. The van der Waals surface area contributed by atoms with Crippen molar-refractivity contribution in [2.75, 3.05) is 10.6 Å². The van der Waals surface area contributed by atoms with Gasteiger partial charge in [-0.15, -0.1) is 17.5 Å². The van der Waals surface area contributed by atoms with Gasteiger partial charge in [0.1, 0.15) is 11.9 Å². The molecule has 1 atom stereocenters. The van der Waals surface area contributed by atoms with Crippen molar-refractivity contribution in [2.24, 2.45) is 0 Å². The number of carbonyl (C=O) groups is 1. The number of rotatable bonds is 4. The van der Waals surface area contributed by atoms with Crippen molar-refractivity contribution >= 4 is 59.1 Å². The maximum Gasteiger partial charge on any atom is 0.258 e. The minimum Gasteiger partial charge on any atom is -0.324 e. The largest absolute Gasteiger partial charge is 0.324 e. The van der Waals surface area contributed by atoms with Gasteiger partial charge < -0.3 is 5.32 Å². The number of nitrogens with zero attached hydrogens (tertiary/aromatic N) is 3. The standard InChI is InChI=1S/C24H16Cl2FN5O.ClH/c25-16-11-9-14(10-12-16)19-13-20(21-17(26)7-4-8-18(21)27)32-24(28-19)30-23(31-32)29-22(33)15-5-2-1-3-6-15;/h1-13,20H,(H2,28,29,30,31,33);1H. The first kappa shape index (κ1) is 23.8. The molecule has 172 valence electrons. The molecule has 1 amide bonds. The van der Waals surface area contributed by atoms with Crippen molar-refractivity contribution in [1.29, 1.82) is 0 Å². The number of allylic oxidation sites excluding steroid dienone is 1. The molecule has 4 aromatic rings. The highest BCUT2D eigenvalue weighted by atomic mass is 35.5. The van der Waals surface area contributed by atoms with Crippen LogP contribution in [0.3, 0.4) is 0 Å². The van der Waals surface area contributed by atoms with Crippen LogP contribution < -0.4 is 10.6 Å². The van der Waals surface area contributed by atoms with Crippen LogP contribution in [0, 0.1) is 5.82 Å². The summed E-state index contributed by atoms with van der Waals surface area (Å²) in [4.78, 5) is 17.0. The van der Waals surface area contributed by atoms with E-state index in [4.69, 9.17) is 23.2 Å². The van der Waals surface area contributed by atoms with E-state index in [1.165, 1.54) is 10.7 Å². The molecule has 1 unspecified atom stereocenters. The van der Waals surface area contributed by atoms with Crippen LogP contribution >= 0.6 is 35.6 Å². The Bertz CT molecular complexity index is 1350. The average molecular weight is 517 g/mol. The van der Waals surface area contributed by atoms with E-state index in [1.54, 1.807) is 54.6 Å². The lowest BCUT2D eigenvalue weighted by atomic mass is 10.0. The Morgan fingerprint density at radius 1 is 1.00 bits per heavy atom. The molecule has 10 heteroatoms. The van der Waals surface area contributed by atoms with Crippen LogP contribution in [0.5, 0.6) is 0 Å². The molecule has 1 aliphatic heterocycles. The fraction of sp³-hybridized carbons (Fsp3) is 0.0417. The van der Waals surface area contributed by atoms with Gasteiger partial charge >= 0.3 is 0 Å².